The second-order valence-electron chi connectivity index (χ2n) is 5.58. The molecule has 3 rings (SSSR count). The van der Waals surface area contributed by atoms with Crippen LogP contribution >= 0.6 is 12.4 Å². The van der Waals surface area contributed by atoms with E-state index in [1.165, 1.54) is 0 Å². The van der Waals surface area contributed by atoms with E-state index < -0.39 is 5.54 Å². The van der Waals surface area contributed by atoms with E-state index in [1.54, 1.807) is 0 Å². The predicted molar refractivity (Wildman–Crippen MR) is 83.3 cm³/mol. The minimum atomic E-state index is -0.831. The van der Waals surface area contributed by atoms with Gasteiger partial charge < -0.3 is 25.3 Å². The molecule has 1 unspecified atom stereocenters. The van der Waals surface area contributed by atoms with Gasteiger partial charge in [0.05, 0.1) is 11.6 Å². The maximum atomic E-state index is 12.4. The highest BCUT2D eigenvalue weighted by atomic mass is 35.5. The molecular formula is C15H21ClN2O4. The normalized spacial score (nSPS) is 19.9. The number of nitrogens with two attached hydrogens (primary N) is 1. The highest BCUT2D eigenvalue weighted by Gasteiger charge is 2.36. The maximum absolute atomic E-state index is 12.4. The Kier molecular flexibility index (Phi) is 5.16. The summed E-state index contributed by atoms with van der Waals surface area (Å²) in [5, 5.41) is 2.98. The van der Waals surface area contributed by atoms with E-state index >= 15 is 0 Å². The average Bonchev–Trinajstić information content (AvgIpc) is 2.95. The molecule has 2 aliphatic heterocycles. The Bertz CT molecular complexity index is 546. The van der Waals surface area contributed by atoms with Crippen LogP contribution in [0.4, 0.5) is 0 Å². The lowest BCUT2D eigenvalue weighted by molar-refractivity contribution is -0.130. The molecule has 0 bridgehead atoms. The molecule has 1 fully saturated rings. The molecule has 0 aromatic heterocycles. The fourth-order valence-corrected chi connectivity index (χ4v) is 2.57. The number of amides is 1. The van der Waals surface area contributed by atoms with Crippen molar-refractivity contribution in [2.45, 2.75) is 31.3 Å². The number of benzene rings is 1. The van der Waals surface area contributed by atoms with Crippen LogP contribution in [0.25, 0.3) is 0 Å². The van der Waals surface area contributed by atoms with Crippen LogP contribution in [0.2, 0.25) is 0 Å². The number of ether oxygens (including phenoxy) is 3. The molecule has 0 radical (unpaired) electrons. The first-order valence-electron chi connectivity index (χ1n) is 7.16. The fraction of sp³-hybridized carbons (Fsp3) is 0.533. The number of fused-ring (bicyclic) bond motifs is 1. The van der Waals surface area contributed by atoms with Crippen LogP contribution < -0.4 is 20.5 Å². The molecule has 1 aromatic carbocycles. The van der Waals surface area contributed by atoms with Gasteiger partial charge in [-0.3, -0.25) is 4.79 Å². The molecule has 1 atom stereocenters. The average molecular weight is 329 g/mol. The summed E-state index contributed by atoms with van der Waals surface area (Å²) >= 11 is 0. The Morgan fingerprint density at radius 3 is 2.68 bits per heavy atom. The maximum Gasteiger partial charge on any atom is 0.240 e. The second kappa shape index (κ2) is 6.73. The molecule has 7 heteroatoms. The number of carbonyl (C=O) groups excluding carboxylic acids is 1. The van der Waals surface area contributed by atoms with Crippen LogP contribution in [0.5, 0.6) is 11.5 Å². The smallest absolute Gasteiger partial charge is 0.240 e. The number of hydrogen-bond acceptors (Lipinski definition) is 5. The Morgan fingerprint density at radius 1 is 1.27 bits per heavy atom. The molecule has 122 valence electrons. The molecule has 0 aliphatic carbocycles. The van der Waals surface area contributed by atoms with Crippen molar-refractivity contribution in [3.63, 3.8) is 0 Å². The van der Waals surface area contributed by atoms with Crippen LogP contribution in [-0.2, 0) is 9.53 Å². The van der Waals surface area contributed by atoms with Gasteiger partial charge >= 0.3 is 0 Å². The van der Waals surface area contributed by atoms with E-state index in [4.69, 9.17) is 19.9 Å². The number of halogens is 1. The molecule has 0 spiro atoms. The lowest BCUT2D eigenvalue weighted by atomic mass is 9.90. The minimum absolute atomic E-state index is 0. The van der Waals surface area contributed by atoms with Crippen molar-refractivity contribution >= 4 is 18.3 Å². The zero-order chi connectivity index (χ0) is 14.9. The Balaban J connectivity index is 0.00000176. The summed E-state index contributed by atoms with van der Waals surface area (Å²) in [5.74, 6) is 1.31. The first-order chi connectivity index (χ1) is 10.1. The topological polar surface area (TPSA) is 82.8 Å². The fourth-order valence-electron chi connectivity index (χ4n) is 2.57. The number of hydrogen-bond donors (Lipinski definition) is 2. The van der Waals surface area contributed by atoms with Crippen molar-refractivity contribution in [3.05, 3.63) is 23.8 Å². The van der Waals surface area contributed by atoms with Gasteiger partial charge in [-0.25, -0.2) is 0 Å². The molecule has 1 saturated heterocycles. The van der Waals surface area contributed by atoms with Crippen LogP contribution in [0.15, 0.2) is 18.2 Å². The summed E-state index contributed by atoms with van der Waals surface area (Å²) in [4.78, 5) is 12.4. The summed E-state index contributed by atoms with van der Waals surface area (Å²) in [6, 6.07) is 5.52. The van der Waals surface area contributed by atoms with E-state index in [9.17, 15) is 4.79 Å². The van der Waals surface area contributed by atoms with E-state index in [-0.39, 0.29) is 31.1 Å². The van der Waals surface area contributed by atoms with E-state index in [2.05, 4.69) is 5.32 Å². The molecule has 2 aliphatic rings. The Labute approximate surface area is 135 Å². The summed E-state index contributed by atoms with van der Waals surface area (Å²) in [5.41, 5.74) is 6.31. The molecule has 2 heterocycles. The van der Waals surface area contributed by atoms with Crippen LogP contribution in [0.3, 0.4) is 0 Å². The Morgan fingerprint density at radius 2 is 1.95 bits per heavy atom. The third-order valence-electron chi connectivity index (χ3n) is 4.08. The zero-order valence-electron chi connectivity index (χ0n) is 12.5. The Hall–Kier alpha value is -1.50. The summed E-state index contributed by atoms with van der Waals surface area (Å²) in [7, 11) is 0. The van der Waals surface area contributed by atoms with Gasteiger partial charge in [0.1, 0.15) is 0 Å². The van der Waals surface area contributed by atoms with Crippen molar-refractivity contribution in [2.24, 2.45) is 5.73 Å². The van der Waals surface area contributed by atoms with E-state index in [1.807, 2.05) is 25.1 Å². The summed E-state index contributed by atoms with van der Waals surface area (Å²) < 4.78 is 15.9. The van der Waals surface area contributed by atoms with Gasteiger partial charge in [0.2, 0.25) is 12.7 Å². The first-order valence-corrected chi connectivity index (χ1v) is 7.16. The van der Waals surface area contributed by atoms with Gasteiger partial charge in [-0.05, 0) is 37.5 Å². The largest absolute Gasteiger partial charge is 0.454 e. The molecule has 0 saturated carbocycles. The van der Waals surface area contributed by atoms with E-state index in [0.29, 0.717) is 31.8 Å². The number of rotatable bonds is 3. The predicted octanol–water partition coefficient (Wildman–Crippen LogP) is 1.52. The van der Waals surface area contributed by atoms with Gasteiger partial charge in [0.25, 0.3) is 0 Å². The van der Waals surface area contributed by atoms with Gasteiger partial charge in [0, 0.05) is 13.2 Å². The molecule has 22 heavy (non-hydrogen) atoms. The minimum Gasteiger partial charge on any atom is -0.454 e. The molecule has 1 amide bonds. The van der Waals surface area contributed by atoms with Gasteiger partial charge in [-0.1, -0.05) is 6.07 Å². The SMILES string of the molecule is CC(NC(=O)C1(N)CCOCC1)c1ccc2c(c1)OCO2.Cl. The lowest BCUT2D eigenvalue weighted by Gasteiger charge is -2.33. The van der Waals surface area contributed by atoms with Crippen molar-refractivity contribution < 1.29 is 19.0 Å². The molecule has 1 aromatic rings. The number of carbonyl (C=O) groups is 1. The van der Waals surface area contributed by atoms with Gasteiger partial charge in [-0.2, -0.15) is 0 Å². The van der Waals surface area contributed by atoms with Crippen LogP contribution in [-0.4, -0.2) is 31.5 Å². The summed E-state index contributed by atoms with van der Waals surface area (Å²) in [6.07, 6.45) is 1.10. The van der Waals surface area contributed by atoms with Gasteiger partial charge in [-0.15, -0.1) is 12.4 Å². The van der Waals surface area contributed by atoms with Crippen LogP contribution in [0.1, 0.15) is 31.4 Å². The molecular weight excluding hydrogens is 308 g/mol. The highest BCUT2D eigenvalue weighted by molar-refractivity contribution is 5.86. The van der Waals surface area contributed by atoms with Crippen molar-refractivity contribution in [2.75, 3.05) is 20.0 Å². The zero-order valence-corrected chi connectivity index (χ0v) is 13.3. The third kappa shape index (κ3) is 3.29. The molecule has 3 N–H and O–H groups in total. The van der Waals surface area contributed by atoms with Gasteiger partial charge in [0.15, 0.2) is 11.5 Å². The van der Waals surface area contributed by atoms with Crippen molar-refractivity contribution in [1.82, 2.24) is 5.32 Å². The van der Waals surface area contributed by atoms with Crippen LogP contribution in [0, 0.1) is 0 Å². The first kappa shape index (κ1) is 16.9. The lowest BCUT2D eigenvalue weighted by Crippen LogP contribution is -2.57. The third-order valence-corrected chi connectivity index (χ3v) is 4.08. The number of nitrogens with one attached hydrogen (secondary N) is 1. The molecule has 6 nitrogen and oxygen atoms in total. The van der Waals surface area contributed by atoms with E-state index in [0.717, 1.165) is 11.3 Å². The second-order valence-corrected chi connectivity index (χ2v) is 5.58. The monoisotopic (exact) mass is 328 g/mol. The summed E-state index contributed by atoms with van der Waals surface area (Å²) in [6.45, 7) is 3.23. The standard InChI is InChI=1S/C15H20N2O4.ClH/c1-10(11-2-3-12-13(8-11)21-9-20-12)17-14(18)15(16)4-6-19-7-5-15;/h2-3,8,10H,4-7,9,16H2,1H3,(H,17,18);1H. The highest BCUT2D eigenvalue weighted by Crippen LogP contribution is 2.34. The van der Waals surface area contributed by atoms with Crippen molar-refractivity contribution in [3.8, 4) is 11.5 Å². The van der Waals surface area contributed by atoms with Crippen molar-refractivity contribution in [1.29, 1.82) is 0 Å². The quantitative estimate of drug-likeness (QED) is 0.879.